The quantitative estimate of drug-likeness (QED) is 0.597. The molecule has 1 aromatic carbocycles. The minimum absolute atomic E-state index is 0.0735. The first-order valence-corrected chi connectivity index (χ1v) is 5.65. The van der Waals surface area contributed by atoms with Gasteiger partial charge in [0.1, 0.15) is 11.8 Å². The molecule has 0 N–H and O–H groups in total. The van der Waals surface area contributed by atoms with E-state index in [1.807, 2.05) is 0 Å². The molecule has 0 aliphatic carbocycles. The second-order valence-corrected chi connectivity index (χ2v) is 4.16. The number of carbonyl (C=O) groups is 2. The largest absolute Gasteiger partial charge is 0.497 e. The van der Waals surface area contributed by atoms with Crippen LogP contribution in [0.2, 0.25) is 0 Å². The van der Waals surface area contributed by atoms with Crippen molar-refractivity contribution in [2.45, 2.75) is 13.0 Å². The van der Waals surface area contributed by atoms with Gasteiger partial charge < -0.3 is 9.47 Å². The Labute approximate surface area is 105 Å². The molecule has 1 fully saturated rings. The molecule has 2 rings (SSSR count). The zero-order valence-corrected chi connectivity index (χ0v) is 10.5. The van der Waals surface area contributed by atoms with E-state index < -0.39 is 12.0 Å². The van der Waals surface area contributed by atoms with Gasteiger partial charge in [-0.05, 0) is 24.3 Å². The zero-order chi connectivity index (χ0) is 13.3. The summed E-state index contributed by atoms with van der Waals surface area (Å²) >= 11 is 0. The standard InChI is InChI=1S/C13H15NO4/c1-8-11(13(16)18-3)14(12(8)15)9-4-6-10(17-2)7-5-9/h4-8,11H,1-3H3/t8-,11+/m0/s1. The molecule has 1 heterocycles. The summed E-state index contributed by atoms with van der Waals surface area (Å²) in [5.41, 5.74) is 0.675. The maximum Gasteiger partial charge on any atom is 0.329 e. The van der Waals surface area contributed by atoms with Crippen LogP contribution in [0.15, 0.2) is 24.3 Å². The summed E-state index contributed by atoms with van der Waals surface area (Å²) in [6.07, 6.45) is 0. The predicted octanol–water partition coefficient (Wildman–Crippen LogP) is 1.22. The highest BCUT2D eigenvalue weighted by molar-refractivity contribution is 6.10. The lowest BCUT2D eigenvalue weighted by Crippen LogP contribution is -2.64. The van der Waals surface area contributed by atoms with Gasteiger partial charge >= 0.3 is 5.97 Å². The number of hydrogen-bond acceptors (Lipinski definition) is 4. The number of hydrogen-bond donors (Lipinski definition) is 0. The first kappa shape index (κ1) is 12.4. The monoisotopic (exact) mass is 249 g/mol. The van der Waals surface area contributed by atoms with Crippen LogP contribution in [0.5, 0.6) is 5.75 Å². The van der Waals surface area contributed by atoms with Gasteiger partial charge in [-0.3, -0.25) is 9.69 Å². The number of β-lactam (4-membered cyclic amide) rings is 1. The minimum Gasteiger partial charge on any atom is -0.497 e. The number of nitrogens with zero attached hydrogens (tertiary/aromatic N) is 1. The van der Waals surface area contributed by atoms with Crippen LogP contribution in [-0.2, 0) is 14.3 Å². The van der Waals surface area contributed by atoms with Crippen molar-refractivity contribution in [3.8, 4) is 5.75 Å². The van der Waals surface area contributed by atoms with Gasteiger partial charge in [-0.25, -0.2) is 4.79 Å². The van der Waals surface area contributed by atoms with Crippen LogP contribution >= 0.6 is 0 Å². The number of carbonyl (C=O) groups excluding carboxylic acids is 2. The highest BCUT2D eigenvalue weighted by atomic mass is 16.5. The van der Waals surface area contributed by atoms with Gasteiger partial charge in [-0.15, -0.1) is 0 Å². The second-order valence-electron chi connectivity index (χ2n) is 4.16. The maximum absolute atomic E-state index is 11.8. The fourth-order valence-electron chi connectivity index (χ4n) is 2.09. The first-order chi connectivity index (χ1) is 8.60. The summed E-state index contributed by atoms with van der Waals surface area (Å²) in [7, 11) is 2.90. The summed E-state index contributed by atoms with van der Waals surface area (Å²) in [6.45, 7) is 1.73. The molecular weight excluding hydrogens is 234 g/mol. The van der Waals surface area contributed by atoms with Crippen LogP contribution in [0.4, 0.5) is 5.69 Å². The molecule has 0 bridgehead atoms. The van der Waals surface area contributed by atoms with Crippen LogP contribution in [0.25, 0.3) is 0 Å². The second kappa shape index (κ2) is 4.68. The van der Waals surface area contributed by atoms with E-state index in [9.17, 15) is 9.59 Å². The van der Waals surface area contributed by atoms with E-state index >= 15 is 0 Å². The van der Waals surface area contributed by atoms with Crippen LogP contribution < -0.4 is 9.64 Å². The Morgan fingerprint density at radius 1 is 1.22 bits per heavy atom. The lowest BCUT2D eigenvalue weighted by atomic mass is 9.88. The van der Waals surface area contributed by atoms with Crippen molar-refractivity contribution in [2.75, 3.05) is 19.1 Å². The predicted molar refractivity (Wildman–Crippen MR) is 65.4 cm³/mol. The normalized spacial score (nSPS) is 22.4. The molecule has 2 atom stereocenters. The average Bonchev–Trinajstić information content (AvgIpc) is 2.43. The van der Waals surface area contributed by atoms with E-state index in [-0.39, 0.29) is 11.8 Å². The van der Waals surface area contributed by atoms with E-state index in [1.165, 1.54) is 12.0 Å². The summed E-state index contributed by atoms with van der Waals surface area (Å²) in [6, 6.07) is 6.47. The molecule has 0 saturated carbocycles. The Morgan fingerprint density at radius 3 is 2.33 bits per heavy atom. The summed E-state index contributed by atoms with van der Waals surface area (Å²) in [5, 5.41) is 0. The van der Waals surface area contributed by atoms with Crippen LogP contribution in [0, 0.1) is 5.92 Å². The van der Waals surface area contributed by atoms with Crippen LogP contribution in [0.3, 0.4) is 0 Å². The van der Waals surface area contributed by atoms with E-state index in [0.717, 1.165) is 0 Å². The van der Waals surface area contributed by atoms with Crippen molar-refractivity contribution < 1.29 is 19.1 Å². The summed E-state index contributed by atoms with van der Waals surface area (Å²) in [4.78, 5) is 24.9. The molecule has 0 spiro atoms. The van der Waals surface area contributed by atoms with Gasteiger partial charge in [0, 0.05) is 5.69 Å². The number of methoxy groups -OCH3 is 2. The molecule has 0 aromatic heterocycles. The average molecular weight is 249 g/mol. The van der Waals surface area contributed by atoms with Crippen molar-refractivity contribution in [1.82, 2.24) is 0 Å². The van der Waals surface area contributed by atoms with Crippen molar-refractivity contribution >= 4 is 17.6 Å². The molecular formula is C13H15NO4. The lowest BCUT2D eigenvalue weighted by Gasteiger charge is -2.43. The third-order valence-corrected chi connectivity index (χ3v) is 3.17. The Morgan fingerprint density at radius 2 is 1.83 bits per heavy atom. The summed E-state index contributed by atoms with van der Waals surface area (Å²) in [5.74, 6) is -0.0950. The molecule has 1 aliphatic heterocycles. The number of benzene rings is 1. The van der Waals surface area contributed by atoms with Crippen molar-refractivity contribution in [1.29, 1.82) is 0 Å². The molecule has 1 saturated heterocycles. The highest BCUT2D eigenvalue weighted by Gasteiger charge is 2.50. The number of anilines is 1. The topological polar surface area (TPSA) is 55.8 Å². The molecule has 0 radical (unpaired) electrons. The fourth-order valence-corrected chi connectivity index (χ4v) is 2.09. The van der Waals surface area contributed by atoms with Crippen molar-refractivity contribution in [2.24, 2.45) is 5.92 Å². The Hall–Kier alpha value is -2.04. The molecule has 5 nitrogen and oxygen atoms in total. The van der Waals surface area contributed by atoms with Crippen molar-refractivity contribution in [3.63, 3.8) is 0 Å². The lowest BCUT2D eigenvalue weighted by molar-refractivity contribution is -0.151. The minimum atomic E-state index is -0.532. The first-order valence-electron chi connectivity index (χ1n) is 5.65. The molecule has 0 unspecified atom stereocenters. The molecule has 18 heavy (non-hydrogen) atoms. The molecule has 5 heteroatoms. The zero-order valence-electron chi connectivity index (χ0n) is 10.5. The van der Waals surface area contributed by atoms with E-state index in [0.29, 0.717) is 11.4 Å². The third kappa shape index (κ3) is 1.81. The number of ether oxygens (including phenoxy) is 2. The van der Waals surface area contributed by atoms with E-state index in [2.05, 4.69) is 0 Å². The van der Waals surface area contributed by atoms with Gasteiger partial charge in [0.05, 0.1) is 20.1 Å². The van der Waals surface area contributed by atoms with E-state index in [1.54, 1.807) is 38.3 Å². The maximum atomic E-state index is 11.8. The molecule has 96 valence electrons. The van der Waals surface area contributed by atoms with Gasteiger partial charge in [0.2, 0.25) is 5.91 Å². The summed E-state index contributed by atoms with van der Waals surface area (Å²) < 4.78 is 9.76. The molecule has 1 amide bonds. The van der Waals surface area contributed by atoms with Crippen LogP contribution in [-0.4, -0.2) is 32.1 Å². The van der Waals surface area contributed by atoms with Crippen molar-refractivity contribution in [3.05, 3.63) is 24.3 Å². The Kier molecular flexibility index (Phi) is 3.23. The Bertz CT molecular complexity index is 468. The molecule has 1 aromatic rings. The van der Waals surface area contributed by atoms with Gasteiger partial charge in [-0.2, -0.15) is 0 Å². The smallest absolute Gasteiger partial charge is 0.329 e. The Balaban J connectivity index is 2.25. The molecule has 1 aliphatic rings. The van der Waals surface area contributed by atoms with Gasteiger partial charge in [0.25, 0.3) is 0 Å². The van der Waals surface area contributed by atoms with Gasteiger partial charge in [0.15, 0.2) is 0 Å². The van der Waals surface area contributed by atoms with Crippen LogP contribution in [0.1, 0.15) is 6.92 Å². The van der Waals surface area contributed by atoms with Gasteiger partial charge in [-0.1, -0.05) is 6.92 Å². The third-order valence-electron chi connectivity index (χ3n) is 3.17. The fraction of sp³-hybridized carbons (Fsp3) is 0.385. The SMILES string of the molecule is COC(=O)[C@H]1[C@H](C)C(=O)N1c1ccc(OC)cc1. The number of rotatable bonds is 3. The van der Waals surface area contributed by atoms with E-state index in [4.69, 9.17) is 9.47 Å². The number of amides is 1. The highest BCUT2D eigenvalue weighted by Crippen LogP contribution is 2.33. The number of esters is 1.